The summed E-state index contributed by atoms with van der Waals surface area (Å²) < 4.78 is 43.7. The number of benzene rings is 2. The highest BCUT2D eigenvalue weighted by Crippen LogP contribution is 2.29. The molecule has 0 N–H and O–H groups in total. The van der Waals surface area contributed by atoms with E-state index in [1.165, 1.54) is 30.5 Å². The van der Waals surface area contributed by atoms with Gasteiger partial charge in [-0.25, -0.2) is 12.8 Å². The van der Waals surface area contributed by atoms with E-state index in [4.69, 9.17) is 11.6 Å². The van der Waals surface area contributed by atoms with E-state index < -0.39 is 21.1 Å². The van der Waals surface area contributed by atoms with Crippen molar-refractivity contribution in [2.24, 2.45) is 0 Å². The number of halogens is 2. The highest BCUT2D eigenvalue weighted by atomic mass is 35.5. The normalized spacial score (nSPS) is 15.1. The molecule has 2 aromatic carbocycles. The lowest BCUT2D eigenvalue weighted by Crippen LogP contribution is -2.26. The van der Waals surface area contributed by atoms with Crippen LogP contribution in [0.1, 0.15) is 45.4 Å². The Morgan fingerprint density at radius 3 is 2.45 bits per heavy atom. The Labute approximate surface area is 198 Å². The third-order valence-electron chi connectivity index (χ3n) is 6.21. The number of anilines is 1. The van der Waals surface area contributed by atoms with E-state index in [1.54, 1.807) is 16.7 Å². The van der Waals surface area contributed by atoms with Crippen molar-refractivity contribution in [1.82, 2.24) is 4.57 Å². The van der Waals surface area contributed by atoms with Gasteiger partial charge >= 0.3 is 0 Å². The molecule has 0 atom stereocenters. The minimum atomic E-state index is -4.13. The van der Waals surface area contributed by atoms with Gasteiger partial charge in [0.2, 0.25) is 15.3 Å². The van der Waals surface area contributed by atoms with E-state index in [1.807, 2.05) is 11.8 Å². The lowest BCUT2D eigenvalue weighted by Gasteiger charge is -2.24. The number of aromatic nitrogens is 1. The maximum absolute atomic E-state index is 15.2. The van der Waals surface area contributed by atoms with Crippen LogP contribution in [0.4, 0.5) is 10.1 Å². The molecular formula is C25H28ClFN2O3S. The number of nitrogens with zero attached hydrogens (tertiary/aromatic N) is 2. The molecule has 1 aliphatic heterocycles. The summed E-state index contributed by atoms with van der Waals surface area (Å²) in [6.45, 7) is 4.10. The second-order valence-corrected chi connectivity index (χ2v) is 10.9. The van der Waals surface area contributed by atoms with Crippen LogP contribution in [-0.4, -0.2) is 26.1 Å². The van der Waals surface area contributed by atoms with Crippen LogP contribution in [-0.2, 0) is 16.4 Å². The first-order valence-corrected chi connectivity index (χ1v) is 13.3. The highest BCUT2D eigenvalue weighted by Gasteiger charge is 2.25. The third-order valence-corrected chi connectivity index (χ3v) is 8.19. The molecule has 1 aromatic heterocycles. The quantitative estimate of drug-likeness (QED) is 0.437. The van der Waals surface area contributed by atoms with Gasteiger partial charge in [0.15, 0.2) is 0 Å². The van der Waals surface area contributed by atoms with Crippen molar-refractivity contribution < 1.29 is 12.8 Å². The Morgan fingerprint density at radius 1 is 1.06 bits per heavy atom. The van der Waals surface area contributed by atoms with Crippen molar-refractivity contribution in [1.29, 1.82) is 0 Å². The summed E-state index contributed by atoms with van der Waals surface area (Å²) in [7, 11) is -4.13. The molecule has 5 nitrogen and oxygen atoms in total. The molecule has 1 saturated heterocycles. The maximum Gasteiger partial charge on any atom is 0.211 e. The average Bonchev–Trinajstić information content (AvgIpc) is 3.08. The van der Waals surface area contributed by atoms with Gasteiger partial charge in [-0.2, -0.15) is 0 Å². The number of aryl methyl sites for hydroxylation is 1. The van der Waals surface area contributed by atoms with Gasteiger partial charge in [-0.1, -0.05) is 43.9 Å². The van der Waals surface area contributed by atoms with Crippen molar-refractivity contribution in [3.63, 3.8) is 0 Å². The fraction of sp³-hybridized carbons (Fsp3) is 0.400. The van der Waals surface area contributed by atoms with Crippen LogP contribution in [0.2, 0.25) is 5.02 Å². The summed E-state index contributed by atoms with van der Waals surface area (Å²) in [6, 6.07) is 8.74. The van der Waals surface area contributed by atoms with E-state index in [0.29, 0.717) is 17.7 Å². The molecule has 176 valence electrons. The first-order chi connectivity index (χ1) is 15.8. The molecule has 33 heavy (non-hydrogen) atoms. The maximum atomic E-state index is 15.2. The minimum Gasteiger partial charge on any atom is -0.369 e. The van der Waals surface area contributed by atoms with Crippen LogP contribution >= 0.6 is 11.6 Å². The van der Waals surface area contributed by atoms with E-state index in [-0.39, 0.29) is 20.2 Å². The molecule has 1 fully saturated rings. The summed E-state index contributed by atoms with van der Waals surface area (Å²) in [4.78, 5) is 15.0. The van der Waals surface area contributed by atoms with Gasteiger partial charge in [0.25, 0.3) is 0 Å². The van der Waals surface area contributed by atoms with Gasteiger partial charge in [-0.15, -0.1) is 0 Å². The predicted octanol–water partition coefficient (Wildman–Crippen LogP) is 5.81. The molecule has 1 aliphatic rings. The molecule has 4 rings (SSSR count). The fourth-order valence-corrected chi connectivity index (χ4v) is 6.06. The van der Waals surface area contributed by atoms with E-state index in [0.717, 1.165) is 51.6 Å². The topological polar surface area (TPSA) is 59.4 Å². The Kier molecular flexibility index (Phi) is 7.10. The van der Waals surface area contributed by atoms with Crippen LogP contribution in [0.3, 0.4) is 0 Å². The monoisotopic (exact) mass is 490 g/mol. The lowest BCUT2D eigenvalue weighted by molar-refractivity contribution is 0.590. The van der Waals surface area contributed by atoms with Crippen LogP contribution < -0.4 is 10.3 Å². The molecule has 3 aromatic rings. The zero-order valence-corrected chi connectivity index (χ0v) is 20.3. The molecule has 2 heterocycles. The lowest BCUT2D eigenvalue weighted by atomic mass is 10.1. The first kappa shape index (κ1) is 23.8. The first-order valence-electron chi connectivity index (χ1n) is 11.4. The van der Waals surface area contributed by atoms with Crippen LogP contribution in [0.15, 0.2) is 57.2 Å². The summed E-state index contributed by atoms with van der Waals surface area (Å²) >= 11 is 5.99. The van der Waals surface area contributed by atoms with E-state index >= 15 is 4.39 Å². The molecule has 0 radical (unpaired) electrons. The second-order valence-electron chi connectivity index (χ2n) is 8.55. The molecule has 0 aliphatic carbocycles. The predicted molar refractivity (Wildman–Crippen MR) is 131 cm³/mol. The highest BCUT2D eigenvalue weighted by molar-refractivity contribution is 7.91. The SMILES string of the molecule is CCCCn1cc(S(=O)(=O)c2cccc(Cl)c2)c(=O)c2cc(F)c(N3CCCCCC3)cc21. The Hall–Kier alpha value is -2.38. The Balaban J connectivity index is 1.93. The van der Waals surface area contributed by atoms with Crippen LogP contribution in [0, 0.1) is 5.82 Å². The van der Waals surface area contributed by atoms with E-state index in [9.17, 15) is 13.2 Å². The summed E-state index contributed by atoms with van der Waals surface area (Å²) in [5.74, 6) is -0.499. The van der Waals surface area contributed by atoms with Crippen molar-refractivity contribution >= 4 is 38.0 Å². The summed E-state index contributed by atoms with van der Waals surface area (Å²) in [5, 5.41) is 0.335. The smallest absolute Gasteiger partial charge is 0.211 e. The molecule has 0 bridgehead atoms. The van der Waals surface area contributed by atoms with Gasteiger partial charge in [-0.05, 0) is 49.6 Å². The second kappa shape index (κ2) is 9.85. The molecule has 8 heteroatoms. The van der Waals surface area contributed by atoms with Crippen molar-refractivity contribution in [2.45, 2.75) is 61.8 Å². The molecular weight excluding hydrogens is 463 g/mol. The largest absolute Gasteiger partial charge is 0.369 e. The fourth-order valence-electron chi connectivity index (χ4n) is 4.39. The Morgan fingerprint density at radius 2 is 1.79 bits per heavy atom. The van der Waals surface area contributed by atoms with Gasteiger partial charge < -0.3 is 9.47 Å². The number of sulfone groups is 1. The standard InChI is InChI=1S/C25H28ClFN2O3S/c1-2-3-11-29-17-24(33(31,32)19-10-8-9-18(26)14-19)25(30)20-15-21(27)23(16-22(20)29)28-12-6-4-5-7-13-28/h8-10,14-17H,2-7,11-13H2,1H3. The van der Waals surface area contributed by atoms with Gasteiger partial charge in [0, 0.05) is 30.9 Å². The zero-order chi connectivity index (χ0) is 23.6. The van der Waals surface area contributed by atoms with Gasteiger partial charge in [0.1, 0.15) is 10.7 Å². The molecule has 0 spiro atoms. The van der Waals surface area contributed by atoms with Gasteiger partial charge in [-0.3, -0.25) is 4.79 Å². The van der Waals surface area contributed by atoms with E-state index in [2.05, 4.69) is 0 Å². The molecule has 0 unspecified atom stereocenters. The Bertz CT molecular complexity index is 1330. The number of fused-ring (bicyclic) bond motifs is 1. The van der Waals surface area contributed by atoms with Crippen molar-refractivity contribution in [3.8, 4) is 0 Å². The number of pyridine rings is 1. The molecule has 0 amide bonds. The van der Waals surface area contributed by atoms with Crippen molar-refractivity contribution in [3.05, 3.63) is 63.7 Å². The van der Waals surface area contributed by atoms with Gasteiger partial charge in [0.05, 0.1) is 21.5 Å². The van der Waals surface area contributed by atoms with Crippen LogP contribution in [0.25, 0.3) is 10.9 Å². The third kappa shape index (κ3) is 4.80. The number of hydrogen-bond donors (Lipinski definition) is 0. The number of rotatable bonds is 6. The van der Waals surface area contributed by atoms with Crippen molar-refractivity contribution in [2.75, 3.05) is 18.0 Å². The average molecular weight is 491 g/mol. The zero-order valence-electron chi connectivity index (χ0n) is 18.7. The van der Waals surface area contributed by atoms with Crippen LogP contribution in [0.5, 0.6) is 0 Å². The number of hydrogen-bond acceptors (Lipinski definition) is 4. The minimum absolute atomic E-state index is 0.0600. The number of unbranched alkanes of at least 4 members (excludes halogenated alkanes) is 1. The summed E-state index contributed by atoms with van der Waals surface area (Å²) in [6.07, 6.45) is 7.33. The summed E-state index contributed by atoms with van der Waals surface area (Å²) in [5.41, 5.74) is 0.331. The molecule has 0 saturated carbocycles.